The summed E-state index contributed by atoms with van der Waals surface area (Å²) in [5.41, 5.74) is 4.01. The lowest BCUT2D eigenvalue weighted by Gasteiger charge is -2.49. The van der Waals surface area contributed by atoms with Crippen molar-refractivity contribution < 1.29 is 0 Å². The third-order valence-electron chi connectivity index (χ3n) is 5.24. The summed E-state index contributed by atoms with van der Waals surface area (Å²) in [5, 5.41) is 0.723. The molecule has 0 fully saturated rings. The van der Waals surface area contributed by atoms with Crippen LogP contribution in [0.1, 0.15) is 33.3 Å². The van der Waals surface area contributed by atoms with Crippen molar-refractivity contribution in [1.29, 1.82) is 0 Å². The molecule has 2 heteroatoms. The Morgan fingerprint density at radius 2 is 1.30 bits per heavy atom. The molecule has 0 saturated carbocycles. The molecule has 0 aliphatic heterocycles. The zero-order valence-electron chi connectivity index (χ0n) is 15.2. The highest BCUT2D eigenvalue weighted by atomic mass is 79.9. The lowest BCUT2D eigenvalue weighted by atomic mass is 10.0. The number of rotatable bonds is 4. The quantitative estimate of drug-likeness (QED) is 0.529. The van der Waals surface area contributed by atoms with Crippen LogP contribution in [0.2, 0.25) is 0 Å². The van der Waals surface area contributed by atoms with Crippen molar-refractivity contribution in [3.05, 3.63) is 58.6 Å². The fourth-order valence-electron chi connectivity index (χ4n) is 2.62. The van der Waals surface area contributed by atoms with E-state index in [1.807, 2.05) is 0 Å². The van der Waals surface area contributed by atoms with Gasteiger partial charge in [0.2, 0.25) is 0 Å². The van der Waals surface area contributed by atoms with Gasteiger partial charge in [0, 0.05) is 4.47 Å². The van der Waals surface area contributed by atoms with Gasteiger partial charge < -0.3 is 0 Å². The Balaban J connectivity index is 2.13. The van der Waals surface area contributed by atoms with Crippen molar-refractivity contribution in [2.24, 2.45) is 0 Å². The zero-order valence-corrected chi connectivity index (χ0v) is 17.6. The van der Waals surface area contributed by atoms with Gasteiger partial charge in [0.15, 0.2) is 0 Å². The van der Waals surface area contributed by atoms with Gasteiger partial charge in [0.05, 0.1) is 0 Å². The molecule has 0 aromatic heterocycles. The van der Waals surface area contributed by atoms with Gasteiger partial charge in [-0.2, -0.15) is 0 Å². The van der Waals surface area contributed by atoms with E-state index in [0.717, 1.165) is 9.72 Å². The summed E-state index contributed by atoms with van der Waals surface area (Å²) in [6, 6.07) is 17.6. The number of hydrogen-bond donors (Lipinski definition) is 0. The maximum Gasteiger partial charge on any atom is 0.0175 e. The average molecular weight is 393 g/mol. The van der Waals surface area contributed by atoms with Gasteiger partial charge in [-0.05, 0) is 57.8 Å². The van der Waals surface area contributed by atoms with Crippen molar-refractivity contribution in [2.75, 3.05) is 12.5 Å². The zero-order chi connectivity index (χ0) is 17.3. The lowest BCUT2D eigenvalue weighted by Crippen LogP contribution is -2.31. The molecule has 0 aliphatic carbocycles. The number of hydrogen-bond acceptors (Lipinski definition) is 0. The summed E-state index contributed by atoms with van der Waals surface area (Å²) in [6.45, 7) is 9.57. The summed E-state index contributed by atoms with van der Waals surface area (Å²) >= 11 is 3.49. The van der Waals surface area contributed by atoms with Crippen LogP contribution in [0.4, 0.5) is 0 Å². The van der Waals surface area contributed by atoms with E-state index in [4.69, 9.17) is 0 Å². The summed E-state index contributed by atoms with van der Waals surface area (Å²) in [6.07, 6.45) is 6.13. The van der Waals surface area contributed by atoms with Crippen LogP contribution in [0.15, 0.2) is 53.0 Å². The molecule has 0 heterocycles. The largest absolute Gasteiger partial charge is 0.239 e. The summed E-state index contributed by atoms with van der Waals surface area (Å²) in [5.74, 6) is 0. The third-order valence-corrected chi connectivity index (χ3v) is 11.1. The second-order valence-corrected chi connectivity index (χ2v) is 13.5. The van der Waals surface area contributed by atoms with Crippen LogP contribution < -0.4 is 0 Å². The number of halogens is 1. The minimum Gasteiger partial charge on any atom is -0.239 e. The standard InChI is InChI=1S/C21H29BrS/c1-16(23(5,6)21(2,3)4)15-17-7-9-18(10-8-17)19-11-13-20(22)14-12-19/h7-14,16H,15H2,1-6H3. The normalized spacial score (nSPS) is 14.6. The fraction of sp³-hybridized carbons (Fsp3) is 0.429. The SMILES string of the molecule is CC(Cc1ccc(-c2ccc(Br)cc2)cc1)S(C)(C)C(C)(C)C. The molecule has 1 unspecified atom stereocenters. The summed E-state index contributed by atoms with van der Waals surface area (Å²) in [4.78, 5) is 0. The minimum atomic E-state index is -0.647. The molecule has 0 N–H and O–H groups in total. The fourth-order valence-corrected chi connectivity index (χ4v) is 4.70. The Labute approximate surface area is 152 Å². The molecule has 1 atom stereocenters. The molecule has 2 aromatic rings. The van der Waals surface area contributed by atoms with Crippen LogP contribution in [0.3, 0.4) is 0 Å². The van der Waals surface area contributed by atoms with Crippen molar-refractivity contribution in [1.82, 2.24) is 0 Å². The Bertz CT molecular complexity index is 633. The van der Waals surface area contributed by atoms with E-state index in [1.54, 1.807) is 0 Å². The first-order valence-electron chi connectivity index (χ1n) is 8.18. The molecule has 0 amide bonds. The Morgan fingerprint density at radius 1 is 0.870 bits per heavy atom. The highest BCUT2D eigenvalue weighted by molar-refractivity contribution is 9.10. The molecule has 0 spiro atoms. The molecule has 2 rings (SSSR count). The Hall–Kier alpha value is -0.730. The summed E-state index contributed by atoms with van der Waals surface area (Å²) in [7, 11) is -0.647. The van der Waals surface area contributed by atoms with Gasteiger partial charge in [-0.15, -0.1) is 0 Å². The van der Waals surface area contributed by atoms with Gasteiger partial charge in [-0.1, -0.05) is 80.0 Å². The third kappa shape index (κ3) is 4.42. The van der Waals surface area contributed by atoms with Gasteiger partial charge in [0.1, 0.15) is 0 Å². The topological polar surface area (TPSA) is 0 Å². The smallest absolute Gasteiger partial charge is 0.0175 e. The maximum absolute atomic E-state index is 3.49. The van der Waals surface area contributed by atoms with Crippen molar-refractivity contribution in [3.8, 4) is 11.1 Å². The maximum atomic E-state index is 3.49. The molecule has 0 saturated heterocycles. The molecule has 0 nitrogen and oxygen atoms in total. The predicted octanol–water partition coefficient (Wildman–Crippen LogP) is 6.91. The van der Waals surface area contributed by atoms with Crippen LogP contribution in [0, 0.1) is 0 Å². The van der Waals surface area contributed by atoms with Crippen molar-refractivity contribution in [2.45, 2.75) is 44.1 Å². The van der Waals surface area contributed by atoms with E-state index in [2.05, 4.69) is 105 Å². The molecular formula is C21H29BrS. The van der Waals surface area contributed by atoms with Crippen LogP contribution in [0.5, 0.6) is 0 Å². The van der Waals surface area contributed by atoms with Crippen molar-refractivity contribution in [3.63, 3.8) is 0 Å². The van der Waals surface area contributed by atoms with Crippen LogP contribution in [0.25, 0.3) is 11.1 Å². The predicted molar refractivity (Wildman–Crippen MR) is 112 cm³/mol. The van der Waals surface area contributed by atoms with E-state index in [0.29, 0.717) is 4.75 Å². The van der Waals surface area contributed by atoms with E-state index < -0.39 is 10.0 Å². The highest BCUT2D eigenvalue weighted by Gasteiger charge is 2.32. The van der Waals surface area contributed by atoms with Crippen LogP contribution in [-0.4, -0.2) is 22.5 Å². The van der Waals surface area contributed by atoms with E-state index >= 15 is 0 Å². The van der Waals surface area contributed by atoms with E-state index in [1.165, 1.54) is 23.1 Å². The second-order valence-electron chi connectivity index (χ2n) is 7.74. The number of benzene rings is 2. The molecular weight excluding hydrogens is 364 g/mol. The monoisotopic (exact) mass is 392 g/mol. The van der Waals surface area contributed by atoms with Gasteiger partial charge >= 0.3 is 0 Å². The summed E-state index contributed by atoms with van der Waals surface area (Å²) < 4.78 is 1.52. The van der Waals surface area contributed by atoms with Crippen LogP contribution in [-0.2, 0) is 6.42 Å². The second kappa shape index (κ2) is 7.03. The van der Waals surface area contributed by atoms with Gasteiger partial charge in [-0.25, -0.2) is 10.0 Å². The Kier molecular flexibility index (Phi) is 5.68. The molecule has 126 valence electrons. The van der Waals surface area contributed by atoms with Crippen molar-refractivity contribution >= 4 is 26.0 Å². The first-order valence-corrected chi connectivity index (χ1v) is 11.5. The average Bonchev–Trinajstić information content (AvgIpc) is 2.47. The van der Waals surface area contributed by atoms with Gasteiger partial charge in [0.25, 0.3) is 0 Å². The Morgan fingerprint density at radius 3 is 1.74 bits per heavy atom. The minimum absolute atomic E-state index is 0.393. The molecule has 2 aromatic carbocycles. The van der Waals surface area contributed by atoms with E-state index in [-0.39, 0.29) is 0 Å². The van der Waals surface area contributed by atoms with Crippen LogP contribution >= 0.6 is 26.0 Å². The first-order chi connectivity index (χ1) is 10.6. The van der Waals surface area contributed by atoms with Gasteiger partial charge in [-0.3, -0.25) is 0 Å². The van der Waals surface area contributed by atoms with E-state index in [9.17, 15) is 0 Å². The molecule has 0 radical (unpaired) electrons. The first kappa shape index (κ1) is 18.6. The molecule has 23 heavy (non-hydrogen) atoms. The highest BCUT2D eigenvalue weighted by Crippen LogP contribution is 2.57. The molecule has 0 bridgehead atoms. The molecule has 0 aliphatic rings. The lowest BCUT2D eigenvalue weighted by molar-refractivity contribution is 0.766.